The standard InChI is InChI=1S/C16H16ClFN2O2/c1-2-22-16(21)11-7-6-10(18)8-15(11)20-14-5-3-4-13(17)12(14)9-19/h3-8,20H,2,9,19H2,1H3. The van der Waals surface area contributed by atoms with Gasteiger partial charge in [-0.15, -0.1) is 0 Å². The molecule has 0 spiro atoms. The van der Waals surface area contributed by atoms with Gasteiger partial charge < -0.3 is 15.8 Å². The molecule has 0 fully saturated rings. The van der Waals surface area contributed by atoms with Gasteiger partial charge in [0, 0.05) is 22.8 Å². The van der Waals surface area contributed by atoms with Crippen molar-refractivity contribution in [2.45, 2.75) is 13.5 Å². The van der Waals surface area contributed by atoms with E-state index in [1.54, 1.807) is 25.1 Å². The minimum absolute atomic E-state index is 0.214. The van der Waals surface area contributed by atoms with E-state index in [0.29, 0.717) is 22.0 Å². The topological polar surface area (TPSA) is 64.3 Å². The highest BCUT2D eigenvalue weighted by Crippen LogP contribution is 2.29. The first kappa shape index (κ1) is 16.3. The van der Waals surface area contributed by atoms with Crippen LogP contribution < -0.4 is 11.1 Å². The molecule has 116 valence electrons. The highest BCUT2D eigenvalue weighted by Gasteiger charge is 2.15. The molecule has 2 rings (SSSR count). The Balaban J connectivity index is 2.43. The summed E-state index contributed by atoms with van der Waals surface area (Å²) in [6.45, 7) is 2.16. The number of rotatable bonds is 5. The van der Waals surface area contributed by atoms with Crippen LogP contribution >= 0.6 is 11.6 Å². The summed E-state index contributed by atoms with van der Waals surface area (Å²) in [7, 11) is 0. The molecule has 0 aliphatic heterocycles. The van der Waals surface area contributed by atoms with Gasteiger partial charge in [-0.3, -0.25) is 0 Å². The molecule has 0 radical (unpaired) electrons. The SMILES string of the molecule is CCOC(=O)c1ccc(F)cc1Nc1cccc(Cl)c1CN. The molecular weight excluding hydrogens is 307 g/mol. The average Bonchev–Trinajstić information content (AvgIpc) is 2.48. The fourth-order valence-electron chi connectivity index (χ4n) is 2.04. The van der Waals surface area contributed by atoms with E-state index in [2.05, 4.69) is 5.32 Å². The molecule has 0 atom stereocenters. The van der Waals surface area contributed by atoms with E-state index in [9.17, 15) is 9.18 Å². The molecule has 0 amide bonds. The van der Waals surface area contributed by atoms with Crippen molar-refractivity contribution >= 4 is 28.9 Å². The van der Waals surface area contributed by atoms with E-state index in [4.69, 9.17) is 22.1 Å². The number of anilines is 2. The Labute approximate surface area is 133 Å². The molecule has 4 nitrogen and oxygen atoms in total. The first-order valence-corrected chi connectivity index (χ1v) is 7.15. The monoisotopic (exact) mass is 322 g/mol. The predicted molar refractivity (Wildman–Crippen MR) is 85.0 cm³/mol. The lowest BCUT2D eigenvalue weighted by Gasteiger charge is -2.15. The van der Waals surface area contributed by atoms with Crippen LogP contribution in [0, 0.1) is 5.82 Å². The molecule has 0 saturated carbocycles. The Hall–Kier alpha value is -2.11. The number of nitrogens with two attached hydrogens (primary N) is 1. The number of carbonyl (C=O) groups is 1. The summed E-state index contributed by atoms with van der Waals surface area (Å²) >= 11 is 6.09. The van der Waals surface area contributed by atoms with Crippen molar-refractivity contribution in [2.75, 3.05) is 11.9 Å². The molecule has 0 unspecified atom stereocenters. The van der Waals surface area contributed by atoms with Gasteiger partial charge in [-0.25, -0.2) is 9.18 Å². The normalized spacial score (nSPS) is 10.4. The third kappa shape index (κ3) is 3.55. The van der Waals surface area contributed by atoms with Gasteiger partial charge in [0.1, 0.15) is 5.82 Å². The summed E-state index contributed by atoms with van der Waals surface area (Å²) in [6.07, 6.45) is 0. The first-order valence-electron chi connectivity index (χ1n) is 6.78. The van der Waals surface area contributed by atoms with E-state index in [-0.39, 0.29) is 18.7 Å². The van der Waals surface area contributed by atoms with Crippen LogP contribution in [0.4, 0.5) is 15.8 Å². The Kier molecular flexibility index (Phi) is 5.35. The maximum absolute atomic E-state index is 13.5. The number of halogens is 2. The van der Waals surface area contributed by atoms with Gasteiger partial charge in [-0.2, -0.15) is 0 Å². The smallest absolute Gasteiger partial charge is 0.340 e. The summed E-state index contributed by atoms with van der Waals surface area (Å²) in [5, 5.41) is 3.51. The molecule has 0 aromatic heterocycles. The number of ether oxygens (including phenoxy) is 1. The Bertz CT molecular complexity index is 692. The minimum Gasteiger partial charge on any atom is -0.462 e. The Morgan fingerprint density at radius 3 is 2.77 bits per heavy atom. The van der Waals surface area contributed by atoms with Gasteiger partial charge in [0.25, 0.3) is 0 Å². The van der Waals surface area contributed by atoms with Crippen LogP contribution in [0.2, 0.25) is 5.02 Å². The van der Waals surface area contributed by atoms with Crippen molar-refractivity contribution in [3.63, 3.8) is 0 Å². The summed E-state index contributed by atoms with van der Waals surface area (Å²) in [4.78, 5) is 12.0. The largest absolute Gasteiger partial charge is 0.462 e. The molecular formula is C16H16ClFN2O2. The van der Waals surface area contributed by atoms with Crippen molar-refractivity contribution in [2.24, 2.45) is 5.73 Å². The number of nitrogens with one attached hydrogen (secondary N) is 1. The molecule has 0 aliphatic carbocycles. The van der Waals surface area contributed by atoms with Gasteiger partial charge in [0.15, 0.2) is 0 Å². The second-order valence-corrected chi connectivity index (χ2v) is 4.91. The lowest BCUT2D eigenvalue weighted by molar-refractivity contribution is 0.0527. The molecule has 22 heavy (non-hydrogen) atoms. The van der Waals surface area contributed by atoms with Gasteiger partial charge in [-0.05, 0) is 37.3 Å². The summed E-state index contributed by atoms with van der Waals surface area (Å²) in [5.74, 6) is -0.992. The van der Waals surface area contributed by atoms with E-state index < -0.39 is 11.8 Å². The number of benzene rings is 2. The highest BCUT2D eigenvalue weighted by atomic mass is 35.5. The second-order valence-electron chi connectivity index (χ2n) is 4.51. The van der Waals surface area contributed by atoms with Crippen molar-refractivity contribution in [3.05, 3.63) is 58.4 Å². The minimum atomic E-state index is -0.527. The van der Waals surface area contributed by atoms with Crippen molar-refractivity contribution in [1.29, 1.82) is 0 Å². The zero-order valence-corrected chi connectivity index (χ0v) is 12.8. The van der Waals surface area contributed by atoms with Crippen LogP contribution in [0.15, 0.2) is 36.4 Å². The Morgan fingerprint density at radius 1 is 1.32 bits per heavy atom. The summed E-state index contributed by atoms with van der Waals surface area (Å²) in [5.41, 5.74) is 7.53. The van der Waals surface area contributed by atoms with Crippen LogP contribution in [-0.2, 0) is 11.3 Å². The summed E-state index contributed by atoms with van der Waals surface area (Å²) in [6, 6.07) is 9.03. The molecule has 0 aliphatic rings. The molecule has 0 bridgehead atoms. The predicted octanol–water partition coefficient (Wildman–Crippen LogP) is 3.86. The zero-order valence-electron chi connectivity index (χ0n) is 12.0. The van der Waals surface area contributed by atoms with Gasteiger partial charge in [0.05, 0.1) is 17.9 Å². The van der Waals surface area contributed by atoms with Crippen molar-refractivity contribution in [3.8, 4) is 0 Å². The quantitative estimate of drug-likeness (QED) is 0.820. The van der Waals surface area contributed by atoms with Gasteiger partial charge in [-0.1, -0.05) is 17.7 Å². The second kappa shape index (κ2) is 7.24. The Morgan fingerprint density at radius 2 is 2.09 bits per heavy atom. The molecule has 0 heterocycles. The fraction of sp³-hybridized carbons (Fsp3) is 0.188. The van der Waals surface area contributed by atoms with Crippen LogP contribution in [0.3, 0.4) is 0 Å². The van der Waals surface area contributed by atoms with Crippen LogP contribution in [0.25, 0.3) is 0 Å². The number of hydrogen-bond acceptors (Lipinski definition) is 4. The average molecular weight is 323 g/mol. The maximum atomic E-state index is 13.5. The van der Waals surface area contributed by atoms with E-state index >= 15 is 0 Å². The van der Waals surface area contributed by atoms with Crippen molar-refractivity contribution < 1.29 is 13.9 Å². The number of esters is 1. The first-order chi connectivity index (χ1) is 10.6. The third-order valence-electron chi connectivity index (χ3n) is 3.07. The van der Waals surface area contributed by atoms with E-state index in [0.717, 1.165) is 0 Å². The van der Waals surface area contributed by atoms with Gasteiger partial charge >= 0.3 is 5.97 Å². The maximum Gasteiger partial charge on any atom is 0.340 e. The lowest BCUT2D eigenvalue weighted by atomic mass is 10.1. The van der Waals surface area contributed by atoms with Crippen LogP contribution in [0.1, 0.15) is 22.8 Å². The molecule has 6 heteroatoms. The summed E-state index contributed by atoms with van der Waals surface area (Å²) < 4.78 is 18.5. The number of hydrogen-bond donors (Lipinski definition) is 2. The van der Waals surface area contributed by atoms with Gasteiger partial charge in [0.2, 0.25) is 0 Å². The fourth-order valence-corrected chi connectivity index (χ4v) is 2.29. The van der Waals surface area contributed by atoms with E-state index in [1.807, 2.05) is 0 Å². The molecule has 0 saturated heterocycles. The molecule has 2 aromatic carbocycles. The highest BCUT2D eigenvalue weighted by molar-refractivity contribution is 6.31. The zero-order chi connectivity index (χ0) is 16.1. The molecule has 3 N–H and O–H groups in total. The van der Waals surface area contributed by atoms with E-state index in [1.165, 1.54) is 18.2 Å². The van der Waals surface area contributed by atoms with Crippen LogP contribution in [-0.4, -0.2) is 12.6 Å². The van der Waals surface area contributed by atoms with Crippen molar-refractivity contribution in [1.82, 2.24) is 0 Å². The third-order valence-corrected chi connectivity index (χ3v) is 3.42. The van der Waals surface area contributed by atoms with Crippen LogP contribution in [0.5, 0.6) is 0 Å². The molecule has 2 aromatic rings. The lowest BCUT2D eigenvalue weighted by Crippen LogP contribution is -2.09. The number of carbonyl (C=O) groups excluding carboxylic acids is 1.